The highest BCUT2D eigenvalue weighted by atomic mass is 16.2. The third kappa shape index (κ3) is 3.71. The Hall–Kier alpha value is -1.06. The molecule has 1 atom stereocenters. The van der Waals surface area contributed by atoms with Crippen LogP contribution in [0.2, 0.25) is 0 Å². The number of hydrogen-bond donors (Lipinski definition) is 1. The van der Waals surface area contributed by atoms with Crippen LogP contribution in [0.25, 0.3) is 0 Å². The van der Waals surface area contributed by atoms with Crippen LogP contribution in [0.5, 0.6) is 0 Å². The second kappa shape index (κ2) is 6.40. The molecule has 0 radical (unpaired) electrons. The Kier molecular flexibility index (Phi) is 5.39. The molecule has 19 heavy (non-hydrogen) atoms. The molecule has 1 heterocycles. The topological polar surface area (TPSA) is 49.4 Å². The van der Waals surface area contributed by atoms with Crippen molar-refractivity contribution in [2.75, 3.05) is 6.54 Å². The summed E-state index contributed by atoms with van der Waals surface area (Å²) < 4.78 is 0. The molecule has 1 aliphatic rings. The van der Waals surface area contributed by atoms with Gasteiger partial charge in [0.1, 0.15) is 6.04 Å². The molecule has 1 N–H and O–H groups in total. The molecular formula is C15H28N2O2. The van der Waals surface area contributed by atoms with Crippen LogP contribution in [0.4, 0.5) is 0 Å². The van der Waals surface area contributed by atoms with Crippen LogP contribution in [0, 0.1) is 5.92 Å². The van der Waals surface area contributed by atoms with Crippen molar-refractivity contribution in [2.24, 2.45) is 5.92 Å². The minimum absolute atomic E-state index is 0.00365. The first-order valence-electron chi connectivity index (χ1n) is 7.45. The fourth-order valence-corrected chi connectivity index (χ4v) is 2.64. The lowest BCUT2D eigenvalue weighted by Crippen LogP contribution is -2.54. The minimum Gasteiger partial charge on any atom is -0.344 e. The van der Waals surface area contributed by atoms with Gasteiger partial charge >= 0.3 is 0 Å². The van der Waals surface area contributed by atoms with E-state index in [1.54, 1.807) is 0 Å². The zero-order valence-electron chi connectivity index (χ0n) is 13.0. The van der Waals surface area contributed by atoms with Gasteiger partial charge in [-0.3, -0.25) is 9.59 Å². The van der Waals surface area contributed by atoms with Crippen LogP contribution in [0.1, 0.15) is 60.3 Å². The first-order valence-corrected chi connectivity index (χ1v) is 7.45. The summed E-state index contributed by atoms with van der Waals surface area (Å²) in [7, 11) is 0. The number of hydrogen-bond acceptors (Lipinski definition) is 2. The number of nitrogens with one attached hydrogen (secondary N) is 1. The van der Waals surface area contributed by atoms with Gasteiger partial charge in [0.15, 0.2) is 0 Å². The van der Waals surface area contributed by atoms with Crippen LogP contribution in [0.3, 0.4) is 0 Å². The SMILES string of the molecule is CCC(C)(CC)N1CCC(=O)NC(CC(C)C)C1=O. The molecular weight excluding hydrogens is 240 g/mol. The quantitative estimate of drug-likeness (QED) is 0.832. The van der Waals surface area contributed by atoms with Crippen LogP contribution in [-0.4, -0.2) is 34.8 Å². The molecule has 1 fully saturated rings. The summed E-state index contributed by atoms with van der Waals surface area (Å²) in [5, 5.41) is 2.88. The molecule has 0 spiro atoms. The van der Waals surface area contributed by atoms with Gasteiger partial charge in [-0.05, 0) is 32.1 Å². The molecule has 4 heteroatoms. The van der Waals surface area contributed by atoms with E-state index in [2.05, 4.69) is 39.9 Å². The van der Waals surface area contributed by atoms with E-state index in [9.17, 15) is 9.59 Å². The summed E-state index contributed by atoms with van der Waals surface area (Å²) in [5.74, 6) is 0.477. The van der Waals surface area contributed by atoms with Crippen molar-refractivity contribution in [1.82, 2.24) is 10.2 Å². The average Bonchev–Trinajstić information content (AvgIpc) is 2.49. The van der Waals surface area contributed by atoms with Crippen molar-refractivity contribution in [3.63, 3.8) is 0 Å². The Morgan fingerprint density at radius 1 is 1.32 bits per heavy atom. The second-order valence-electron chi connectivity index (χ2n) is 6.19. The highest BCUT2D eigenvalue weighted by Gasteiger charge is 2.38. The van der Waals surface area contributed by atoms with Crippen molar-refractivity contribution in [3.05, 3.63) is 0 Å². The number of carbonyl (C=O) groups is 2. The predicted molar refractivity (Wildman–Crippen MR) is 76.7 cm³/mol. The van der Waals surface area contributed by atoms with Gasteiger partial charge in [-0.1, -0.05) is 27.7 Å². The Morgan fingerprint density at radius 2 is 1.89 bits per heavy atom. The first-order chi connectivity index (χ1) is 8.84. The molecule has 4 nitrogen and oxygen atoms in total. The molecule has 1 rings (SSSR count). The third-order valence-corrected chi connectivity index (χ3v) is 4.34. The number of amides is 2. The summed E-state index contributed by atoms with van der Waals surface area (Å²) in [5.41, 5.74) is -0.140. The molecule has 0 aromatic rings. The van der Waals surface area contributed by atoms with Crippen LogP contribution >= 0.6 is 0 Å². The van der Waals surface area contributed by atoms with E-state index in [-0.39, 0.29) is 23.4 Å². The second-order valence-corrected chi connectivity index (χ2v) is 6.19. The van der Waals surface area contributed by atoms with Crippen molar-refractivity contribution >= 4 is 11.8 Å². The van der Waals surface area contributed by atoms with Crippen LogP contribution < -0.4 is 5.32 Å². The van der Waals surface area contributed by atoms with E-state index in [1.165, 1.54) is 0 Å². The maximum atomic E-state index is 12.7. The maximum absolute atomic E-state index is 12.7. The summed E-state index contributed by atoms with van der Waals surface area (Å²) in [6, 6.07) is -0.354. The standard InChI is InChI=1S/C15H28N2O2/c1-6-15(5,7-2)17-9-8-13(18)16-12(14(17)19)10-11(3)4/h11-12H,6-10H2,1-5H3,(H,16,18). The monoisotopic (exact) mass is 268 g/mol. The van der Waals surface area contributed by atoms with Crippen LogP contribution in [0.15, 0.2) is 0 Å². The largest absolute Gasteiger partial charge is 0.344 e. The highest BCUT2D eigenvalue weighted by Crippen LogP contribution is 2.26. The minimum atomic E-state index is -0.354. The van der Waals surface area contributed by atoms with Gasteiger partial charge in [0.05, 0.1) is 0 Å². The van der Waals surface area contributed by atoms with E-state index in [1.807, 2.05) is 4.90 Å². The molecule has 0 saturated carbocycles. The molecule has 1 unspecified atom stereocenters. The maximum Gasteiger partial charge on any atom is 0.245 e. The summed E-state index contributed by atoms with van der Waals surface area (Å²) in [6.07, 6.45) is 2.95. The summed E-state index contributed by atoms with van der Waals surface area (Å²) >= 11 is 0. The fraction of sp³-hybridized carbons (Fsp3) is 0.867. The van der Waals surface area contributed by atoms with Crippen molar-refractivity contribution in [1.29, 1.82) is 0 Å². The Labute approximate surface area is 116 Å². The molecule has 1 aliphatic heterocycles. The molecule has 0 bridgehead atoms. The van der Waals surface area contributed by atoms with Crippen molar-refractivity contribution in [2.45, 2.75) is 71.9 Å². The van der Waals surface area contributed by atoms with Gasteiger partial charge in [-0.25, -0.2) is 0 Å². The molecule has 1 saturated heterocycles. The summed E-state index contributed by atoms with van der Waals surface area (Å²) in [4.78, 5) is 26.4. The van der Waals surface area contributed by atoms with Gasteiger partial charge in [0.2, 0.25) is 11.8 Å². The molecule has 0 aromatic carbocycles. The Morgan fingerprint density at radius 3 is 2.37 bits per heavy atom. The van der Waals surface area contributed by atoms with Crippen LogP contribution in [-0.2, 0) is 9.59 Å². The molecule has 0 aliphatic carbocycles. The Bertz CT molecular complexity index is 335. The lowest BCUT2D eigenvalue weighted by atomic mass is 9.91. The highest BCUT2D eigenvalue weighted by molar-refractivity contribution is 5.90. The zero-order chi connectivity index (χ0) is 14.6. The molecule has 110 valence electrons. The van der Waals surface area contributed by atoms with Gasteiger partial charge in [0.25, 0.3) is 0 Å². The normalized spacial score (nSPS) is 21.6. The van der Waals surface area contributed by atoms with Gasteiger partial charge in [-0.15, -0.1) is 0 Å². The number of nitrogens with zero attached hydrogens (tertiary/aromatic N) is 1. The van der Waals surface area contributed by atoms with Crippen molar-refractivity contribution in [3.8, 4) is 0 Å². The summed E-state index contributed by atoms with van der Waals surface area (Å²) in [6.45, 7) is 11.0. The number of carbonyl (C=O) groups excluding carboxylic acids is 2. The van der Waals surface area contributed by atoms with Crippen molar-refractivity contribution < 1.29 is 9.59 Å². The first kappa shape index (κ1) is 16.0. The van der Waals surface area contributed by atoms with Gasteiger partial charge < -0.3 is 10.2 Å². The average molecular weight is 268 g/mol. The van der Waals surface area contributed by atoms with E-state index in [0.29, 0.717) is 25.3 Å². The number of rotatable bonds is 5. The van der Waals surface area contributed by atoms with E-state index in [4.69, 9.17) is 0 Å². The predicted octanol–water partition coefficient (Wildman–Crippen LogP) is 2.33. The Balaban J connectivity index is 2.98. The molecule has 2 amide bonds. The zero-order valence-corrected chi connectivity index (χ0v) is 13.0. The molecule has 0 aromatic heterocycles. The van der Waals surface area contributed by atoms with E-state index < -0.39 is 0 Å². The lowest BCUT2D eigenvalue weighted by molar-refractivity contribution is -0.139. The van der Waals surface area contributed by atoms with E-state index >= 15 is 0 Å². The van der Waals surface area contributed by atoms with Gasteiger partial charge in [0, 0.05) is 18.5 Å². The van der Waals surface area contributed by atoms with E-state index in [0.717, 1.165) is 12.8 Å². The van der Waals surface area contributed by atoms with Gasteiger partial charge in [-0.2, -0.15) is 0 Å². The smallest absolute Gasteiger partial charge is 0.245 e. The third-order valence-electron chi connectivity index (χ3n) is 4.34. The fourth-order valence-electron chi connectivity index (χ4n) is 2.64. The lowest BCUT2D eigenvalue weighted by Gasteiger charge is -2.41.